The first kappa shape index (κ1) is 16.0. The molecular formula is C21H17N3O4. The minimum atomic E-state index is -1.04. The Labute approximate surface area is 160 Å². The van der Waals surface area contributed by atoms with Gasteiger partial charge < -0.3 is 5.21 Å². The van der Waals surface area contributed by atoms with Crippen LogP contribution in [0.25, 0.3) is 10.8 Å². The molecule has 140 valence electrons. The molecule has 3 amide bonds. The first-order valence-corrected chi connectivity index (χ1v) is 9.36. The summed E-state index contributed by atoms with van der Waals surface area (Å²) in [5, 5.41) is 21.2. The molecule has 2 saturated heterocycles. The second-order valence-electron chi connectivity index (χ2n) is 7.77. The highest BCUT2D eigenvalue weighted by molar-refractivity contribution is 6.28. The summed E-state index contributed by atoms with van der Waals surface area (Å²) in [6, 6.07) is 9.68. The highest BCUT2D eigenvalue weighted by Gasteiger charge is 2.70. The summed E-state index contributed by atoms with van der Waals surface area (Å²) in [5.41, 5.74) is 0.741. The van der Waals surface area contributed by atoms with Gasteiger partial charge in [-0.3, -0.25) is 9.69 Å². The smallest absolute Gasteiger partial charge is 0.333 e. The predicted octanol–water partition coefficient (Wildman–Crippen LogP) is 2.04. The minimum absolute atomic E-state index is 0.0113. The van der Waals surface area contributed by atoms with Crippen LogP contribution < -0.4 is 10.1 Å². The number of benzene rings is 2. The molecule has 2 aliphatic carbocycles. The molecular weight excluding hydrogens is 358 g/mol. The molecule has 2 aromatic carbocycles. The lowest BCUT2D eigenvalue weighted by Gasteiger charge is -2.34. The number of rotatable bonds is 3. The van der Waals surface area contributed by atoms with Gasteiger partial charge >= 0.3 is 6.03 Å². The monoisotopic (exact) mass is 375 g/mol. The number of nitrogens with zero attached hydrogens (tertiary/aromatic N) is 2. The van der Waals surface area contributed by atoms with E-state index in [1.165, 1.54) is 11.0 Å². The van der Waals surface area contributed by atoms with Crippen molar-refractivity contribution in [2.75, 3.05) is 4.90 Å². The van der Waals surface area contributed by atoms with E-state index in [-0.39, 0.29) is 29.6 Å². The van der Waals surface area contributed by atoms with Crippen molar-refractivity contribution in [2.24, 2.45) is 5.92 Å². The normalized spacial score (nSPS) is 31.0. The number of amides is 3. The number of carbonyl (C=O) groups excluding carboxylic acids is 2. The van der Waals surface area contributed by atoms with Crippen LogP contribution in [-0.2, 0) is 4.79 Å². The second-order valence-corrected chi connectivity index (χ2v) is 7.77. The molecule has 0 aromatic heterocycles. The van der Waals surface area contributed by atoms with Crippen LogP contribution in [0.1, 0.15) is 12.8 Å². The third-order valence-corrected chi connectivity index (χ3v) is 6.51. The SMILES string of the molecule is O=C1N(c2ccc([NH+]([O-])O)c3ccccc23)C(=O)[C@]2(C3=CC3)[C@H]3C=C[C@H](C3)N12. The fraction of sp³-hybridized carbons (Fsp3) is 0.238. The van der Waals surface area contributed by atoms with Crippen LogP contribution in [0.3, 0.4) is 0 Å². The van der Waals surface area contributed by atoms with E-state index in [4.69, 9.17) is 0 Å². The van der Waals surface area contributed by atoms with Gasteiger partial charge in [0.15, 0.2) is 11.2 Å². The van der Waals surface area contributed by atoms with Crippen LogP contribution in [0.15, 0.2) is 60.2 Å². The van der Waals surface area contributed by atoms with Gasteiger partial charge in [0.1, 0.15) is 0 Å². The summed E-state index contributed by atoms with van der Waals surface area (Å²) >= 11 is 0. The van der Waals surface area contributed by atoms with Crippen molar-refractivity contribution < 1.29 is 20.0 Å². The number of urea groups is 1. The second kappa shape index (κ2) is 5.08. The average Bonchev–Trinajstić information content (AvgIpc) is 3.28. The minimum Gasteiger partial charge on any atom is -0.595 e. The van der Waals surface area contributed by atoms with Crippen molar-refractivity contribution in [1.82, 2.24) is 4.90 Å². The van der Waals surface area contributed by atoms with Gasteiger partial charge in [-0.1, -0.05) is 36.4 Å². The lowest BCUT2D eigenvalue weighted by Crippen LogP contribution is -2.99. The van der Waals surface area contributed by atoms with Crippen LogP contribution in [-0.4, -0.2) is 33.6 Å². The number of hydrogen-bond donors (Lipinski definition) is 2. The van der Waals surface area contributed by atoms with E-state index in [1.807, 2.05) is 12.2 Å². The van der Waals surface area contributed by atoms with Crippen molar-refractivity contribution in [3.63, 3.8) is 0 Å². The van der Waals surface area contributed by atoms with E-state index in [2.05, 4.69) is 6.08 Å². The Morgan fingerprint density at radius 1 is 1.11 bits per heavy atom. The van der Waals surface area contributed by atoms with Gasteiger partial charge in [-0.2, -0.15) is 5.23 Å². The number of nitrogens with one attached hydrogen (secondary N) is 1. The van der Waals surface area contributed by atoms with Gasteiger partial charge in [0.2, 0.25) is 0 Å². The number of carbonyl (C=O) groups is 2. The zero-order chi connectivity index (χ0) is 19.2. The van der Waals surface area contributed by atoms with Gasteiger partial charge in [0.25, 0.3) is 5.91 Å². The number of quaternary nitrogens is 1. The van der Waals surface area contributed by atoms with E-state index >= 15 is 0 Å². The lowest BCUT2D eigenvalue weighted by atomic mass is 9.82. The van der Waals surface area contributed by atoms with Crippen LogP contribution in [0, 0.1) is 11.1 Å². The molecule has 2 N–H and O–H groups in total. The molecule has 2 aliphatic heterocycles. The Morgan fingerprint density at radius 3 is 2.57 bits per heavy atom. The average molecular weight is 375 g/mol. The number of fused-ring (bicyclic) bond motifs is 6. The molecule has 2 heterocycles. The van der Waals surface area contributed by atoms with Gasteiger partial charge in [0.05, 0.1) is 11.7 Å². The standard InChI is InChI=1S/C21H17N3O4/c25-19-21(12-5-6-12)13-7-8-14(11-13)23(21)20(26)22(19)17-9-10-18(24(27)28)16-4-2-1-3-15(16)17/h1-5,7-10,13-14,24,27H,6,11H2/t13-,14+,21-/m0/s1. The third kappa shape index (κ3) is 1.70. The molecule has 4 aliphatic rings. The van der Waals surface area contributed by atoms with Gasteiger partial charge in [-0.25, -0.2) is 14.9 Å². The van der Waals surface area contributed by atoms with Crippen LogP contribution in [0.4, 0.5) is 16.2 Å². The van der Waals surface area contributed by atoms with Crippen molar-refractivity contribution in [3.8, 4) is 0 Å². The molecule has 0 radical (unpaired) electrons. The molecule has 2 bridgehead atoms. The van der Waals surface area contributed by atoms with E-state index in [0.717, 1.165) is 18.4 Å². The van der Waals surface area contributed by atoms with Crippen molar-refractivity contribution in [2.45, 2.75) is 24.4 Å². The summed E-state index contributed by atoms with van der Waals surface area (Å²) in [6.45, 7) is 0. The number of imide groups is 1. The summed E-state index contributed by atoms with van der Waals surface area (Å²) in [4.78, 5) is 30.2. The molecule has 6 rings (SSSR count). The summed E-state index contributed by atoms with van der Waals surface area (Å²) in [7, 11) is 0. The fourth-order valence-electron chi connectivity index (χ4n) is 5.31. The van der Waals surface area contributed by atoms with Gasteiger partial charge in [-0.15, -0.1) is 0 Å². The van der Waals surface area contributed by atoms with Crippen LogP contribution >= 0.6 is 0 Å². The highest BCUT2D eigenvalue weighted by atomic mass is 16.8. The molecule has 2 fully saturated rings. The van der Waals surface area contributed by atoms with Crippen LogP contribution in [0.2, 0.25) is 0 Å². The zero-order valence-corrected chi connectivity index (χ0v) is 14.8. The topological polar surface area (TPSA) is 88.4 Å². The molecule has 0 saturated carbocycles. The number of anilines is 1. The first-order valence-electron chi connectivity index (χ1n) is 9.36. The van der Waals surface area contributed by atoms with Gasteiger partial charge in [-0.05, 0) is 30.5 Å². The van der Waals surface area contributed by atoms with Crippen molar-refractivity contribution >= 4 is 34.1 Å². The van der Waals surface area contributed by atoms with E-state index in [9.17, 15) is 20.0 Å². The molecule has 2 aromatic rings. The summed E-state index contributed by atoms with van der Waals surface area (Å²) in [5.74, 6) is -0.205. The number of hydrogen-bond acceptors (Lipinski definition) is 4. The maximum atomic E-state index is 13.7. The maximum Gasteiger partial charge on any atom is 0.333 e. The maximum absolute atomic E-state index is 13.7. The molecule has 7 nitrogen and oxygen atoms in total. The first-order chi connectivity index (χ1) is 13.5. The van der Waals surface area contributed by atoms with Crippen LogP contribution in [0.5, 0.6) is 0 Å². The molecule has 7 heteroatoms. The molecule has 28 heavy (non-hydrogen) atoms. The highest BCUT2D eigenvalue weighted by Crippen LogP contribution is 2.58. The van der Waals surface area contributed by atoms with Crippen molar-refractivity contribution in [1.29, 1.82) is 0 Å². The quantitative estimate of drug-likeness (QED) is 0.488. The Hall–Kier alpha value is -3.00. The Balaban J connectivity index is 1.56. The Bertz CT molecular complexity index is 1140. The number of allylic oxidation sites excluding steroid dienone is 1. The molecule has 0 spiro atoms. The van der Waals surface area contributed by atoms with Crippen molar-refractivity contribution in [3.05, 3.63) is 65.4 Å². The predicted molar refractivity (Wildman–Crippen MR) is 101 cm³/mol. The Morgan fingerprint density at radius 2 is 1.86 bits per heavy atom. The molecule has 4 atom stereocenters. The Kier molecular flexibility index (Phi) is 2.90. The van der Waals surface area contributed by atoms with E-state index in [1.54, 1.807) is 35.2 Å². The largest absolute Gasteiger partial charge is 0.595 e. The van der Waals surface area contributed by atoms with E-state index < -0.39 is 10.8 Å². The third-order valence-electron chi connectivity index (χ3n) is 6.51. The fourth-order valence-corrected chi connectivity index (χ4v) is 5.31. The molecule has 1 unspecified atom stereocenters. The van der Waals surface area contributed by atoms with Gasteiger partial charge in [0, 0.05) is 22.8 Å². The summed E-state index contributed by atoms with van der Waals surface area (Å²) < 4.78 is 0. The lowest BCUT2D eigenvalue weighted by molar-refractivity contribution is -0.990. The van der Waals surface area contributed by atoms with E-state index in [0.29, 0.717) is 16.5 Å². The summed E-state index contributed by atoms with van der Waals surface area (Å²) in [6.07, 6.45) is 7.68. The zero-order valence-electron chi connectivity index (χ0n) is 14.8.